The van der Waals surface area contributed by atoms with Crippen molar-refractivity contribution >= 4 is 72.2 Å². The molecule has 1 aliphatic carbocycles. The van der Waals surface area contributed by atoms with E-state index in [0.29, 0.717) is 6.42 Å². The van der Waals surface area contributed by atoms with E-state index < -0.39 is 0 Å². The first-order valence-electron chi connectivity index (χ1n) is 20.0. The molecule has 0 saturated heterocycles. The Labute approximate surface area is 339 Å². The molecule has 0 bridgehead atoms. The van der Waals surface area contributed by atoms with E-state index in [9.17, 15) is 0 Å². The Morgan fingerprint density at radius 2 is 1.07 bits per heavy atom. The summed E-state index contributed by atoms with van der Waals surface area (Å²) < 4.78 is 0. The van der Waals surface area contributed by atoms with Crippen LogP contribution in [0, 0.1) is 0 Å². The summed E-state index contributed by atoms with van der Waals surface area (Å²) in [7, 11) is 0. The zero-order valence-corrected chi connectivity index (χ0v) is 32.2. The molecule has 2 heteroatoms. The van der Waals surface area contributed by atoms with E-state index in [0.717, 1.165) is 45.6 Å². The topological polar surface area (TPSA) is 52.0 Å². The highest BCUT2D eigenvalue weighted by molar-refractivity contribution is 6.17. The lowest BCUT2D eigenvalue weighted by atomic mass is 9.79. The lowest BCUT2D eigenvalue weighted by Gasteiger charge is -2.26. The summed E-state index contributed by atoms with van der Waals surface area (Å²) in [6.07, 6.45) is 12.6. The zero-order valence-electron chi connectivity index (χ0n) is 32.2. The number of hydrogen-bond donors (Lipinski definition) is 2. The molecule has 276 valence electrons. The highest BCUT2D eigenvalue weighted by atomic mass is 14.6. The van der Waals surface area contributed by atoms with Crippen molar-refractivity contribution in [2.75, 3.05) is 5.73 Å². The van der Waals surface area contributed by atoms with Crippen molar-refractivity contribution in [3.05, 3.63) is 233 Å². The number of nitrogen functional groups attached to an aromatic ring is 1. The Bertz CT molecular complexity index is 3160. The molecule has 58 heavy (non-hydrogen) atoms. The molecule has 0 heterocycles. The zero-order chi connectivity index (χ0) is 39.0. The van der Waals surface area contributed by atoms with E-state index in [4.69, 9.17) is 11.5 Å². The fourth-order valence-electron chi connectivity index (χ4n) is 8.85. The minimum Gasteiger partial charge on any atom is -0.398 e. The molecule has 1 aliphatic rings. The molecule has 9 aromatic carbocycles. The molecule has 10 rings (SSSR count). The largest absolute Gasteiger partial charge is 0.398 e. The molecule has 2 nitrogen and oxygen atoms in total. The fourth-order valence-corrected chi connectivity index (χ4v) is 8.85. The van der Waals surface area contributed by atoms with Gasteiger partial charge >= 0.3 is 0 Å². The maximum absolute atomic E-state index is 7.52. The normalized spacial score (nSPS) is 13.8. The van der Waals surface area contributed by atoms with Crippen LogP contribution in [-0.2, 0) is 12.8 Å². The van der Waals surface area contributed by atoms with Gasteiger partial charge in [0.2, 0.25) is 0 Å². The molecular formula is C56H42N2. The van der Waals surface area contributed by atoms with Crippen LogP contribution in [0.1, 0.15) is 33.4 Å². The molecule has 0 unspecified atom stereocenters. The molecule has 0 fully saturated rings. The summed E-state index contributed by atoms with van der Waals surface area (Å²) in [4.78, 5) is 0. The van der Waals surface area contributed by atoms with Crippen molar-refractivity contribution in [3.8, 4) is 11.1 Å². The monoisotopic (exact) mass is 742 g/mol. The van der Waals surface area contributed by atoms with Crippen LogP contribution in [0.15, 0.2) is 200 Å². The van der Waals surface area contributed by atoms with Crippen LogP contribution in [0.25, 0.3) is 77.6 Å². The number of anilines is 1. The predicted octanol–water partition coefficient (Wildman–Crippen LogP) is 13.8. The summed E-state index contributed by atoms with van der Waals surface area (Å²) in [5, 5.41) is 9.80. The van der Waals surface area contributed by atoms with Gasteiger partial charge < -0.3 is 11.5 Å². The van der Waals surface area contributed by atoms with Crippen LogP contribution in [0.3, 0.4) is 0 Å². The summed E-state index contributed by atoms with van der Waals surface area (Å²) in [5.74, 6) is 0. The summed E-state index contributed by atoms with van der Waals surface area (Å²) >= 11 is 0. The van der Waals surface area contributed by atoms with Crippen molar-refractivity contribution in [3.63, 3.8) is 0 Å². The molecule has 0 atom stereocenters. The van der Waals surface area contributed by atoms with Crippen molar-refractivity contribution in [2.24, 2.45) is 5.73 Å². The average molecular weight is 743 g/mol. The maximum Gasteiger partial charge on any atom is 0.0470 e. The Kier molecular flexibility index (Phi) is 9.01. The Morgan fingerprint density at radius 1 is 0.534 bits per heavy atom. The van der Waals surface area contributed by atoms with Crippen LogP contribution in [0.2, 0.25) is 0 Å². The number of allylic oxidation sites excluding steroid dienone is 5. The Morgan fingerprint density at radius 3 is 1.72 bits per heavy atom. The van der Waals surface area contributed by atoms with Gasteiger partial charge in [-0.25, -0.2) is 0 Å². The third kappa shape index (κ3) is 6.35. The van der Waals surface area contributed by atoms with E-state index in [-0.39, 0.29) is 0 Å². The quantitative estimate of drug-likeness (QED) is 0.126. The van der Waals surface area contributed by atoms with Gasteiger partial charge in [-0.1, -0.05) is 176 Å². The van der Waals surface area contributed by atoms with Crippen LogP contribution in [0.4, 0.5) is 5.69 Å². The van der Waals surface area contributed by atoms with Gasteiger partial charge in [-0.05, 0) is 131 Å². The minimum atomic E-state index is 0.692. The molecule has 0 amide bonds. The van der Waals surface area contributed by atoms with E-state index in [1.807, 2.05) is 18.2 Å². The van der Waals surface area contributed by atoms with Crippen LogP contribution < -0.4 is 11.5 Å². The Balaban J connectivity index is 1.24. The highest BCUT2D eigenvalue weighted by Crippen LogP contribution is 2.46. The van der Waals surface area contributed by atoms with Gasteiger partial charge in [-0.3, -0.25) is 0 Å². The first-order chi connectivity index (χ1) is 28.6. The number of benzene rings is 9. The Hall–Kier alpha value is -7.42. The molecule has 0 saturated carbocycles. The summed E-state index contributed by atoms with van der Waals surface area (Å²) in [5.41, 5.74) is 27.2. The summed E-state index contributed by atoms with van der Waals surface area (Å²) in [6, 6.07) is 62.7. The van der Waals surface area contributed by atoms with Gasteiger partial charge in [-0.2, -0.15) is 0 Å². The highest BCUT2D eigenvalue weighted by Gasteiger charge is 2.24. The third-order valence-electron chi connectivity index (χ3n) is 11.7. The number of nitrogens with two attached hydrogens (primary N) is 2. The number of fused-ring (bicyclic) bond motifs is 7. The van der Waals surface area contributed by atoms with Gasteiger partial charge in [0, 0.05) is 22.5 Å². The summed E-state index contributed by atoms with van der Waals surface area (Å²) in [6.45, 7) is 0. The SMILES string of the molecule is N/C(=C\C=C1/Cc2cc(-c3cc4ccccc4c4ccccc34)c(/C=C\Cc3ccccc3)c(N)c2C=C1c1cc2ccccc2c2ccccc12)c1ccccc1. The molecule has 0 spiro atoms. The van der Waals surface area contributed by atoms with Crippen molar-refractivity contribution < 1.29 is 0 Å². The van der Waals surface area contributed by atoms with Gasteiger partial charge in [0.05, 0.1) is 0 Å². The van der Waals surface area contributed by atoms with Crippen LogP contribution >= 0.6 is 0 Å². The second-order valence-corrected chi connectivity index (χ2v) is 15.2. The minimum absolute atomic E-state index is 0.692. The van der Waals surface area contributed by atoms with Crippen molar-refractivity contribution in [2.45, 2.75) is 12.8 Å². The van der Waals surface area contributed by atoms with E-state index in [2.05, 4.69) is 188 Å². The van der Waals surface area contributed by atoms with Crippen molar-refractivity contribution in [1.29, 1.82) is 0 Å². The second kappa shape index (κ2) is 14.9. The van der Waals surface area contributed by atoms with Crippen molar-refractivity contribution in [1.82, 2.24) is 0 Å². The molecule has 9 aromatic rings. The van der Waals surface area contributed by atoms with E-state index >= 15 is 0 Å². The number of rotatable bonds is 7. The lowest BCUT2D eigenvalue weighted by molar-refractivity contribution is 1.18. The van der Waals surface area contributed by atoms with Gasteiger partial charge in [0.1, 0.15) is 0 Å². The van der Waals surface area contributed by atoms with E-state index in [1.54, 1.807) is 0 Å². The molecule has 4 N–H and O–H groups in total. The van der Waals surface area contributed by atoms with Crippen LogP contribution in [-0.4, -0.2) is 0 Å². The standard InChI is InChI=1S/C56H42N2/c57-55(38-19-5-2-6-20-38)31-30-41-32-42-35-54(53-34-40-22-8-10-24-44(40)46-26-12-14-28-48(46)53)49(29-15-18-37-16-3-1-4-17-37)56(58)51(42)36-50(41)52-33-39-21-7-9-23-43(39)45-25-11-13-27-47(45)52/h1-17,19-31,33-36H,18,32,57-58H2/b29-15-,41-30+,55-31-. The predicted molar refractivity (Wildman–Crippen MR) is 250 cm³/mol. The number of hydrogen-bond acceptors (Lipinski definition) is 2. The first kappa shape index (κ1) is 35.0. The van der Waals surface area contributed by atoms with Gasteiger partial charge in [0.25, 0.3) is 0 Å². The second-order valence-electron chi connectivity index (χ2n) is 15.2. The van der Waals surface area contributed by atoms with E-state index in [1.165, 1.54) is 70.9 Å². The molecule has 0 aromatic heterocycles. The maximum atomic E-state index is 7.52. The van der Waals surface area contributed by atoms with Gasteiger partial charge in [0.15, 0.2) is 0 Å². The molecular weight excluding hydrogens is 701 g/mol. The van der Waals surface area contributed by atoms with Crippen LogP contribution in [0.5, 0.6) is 0 Å². The smallest absolute Gasteiger partial charge is 0.0470 e. The fraction of sp³-hybridized carbons (Fsp3) is 0.0357. The average Bonchev–Trinajstić information content (AvgIpc) is 3.28. The molecule has 0 aliphatic heterocycles. The third-order valence-corrected chi connectivity index (χ3v) is 11.7. The van der Waals surface area contributed by atoms with Gasteiger partial charge in [-0.15, -0.1) is 0 Å². The molecule has 0 radical (unpaired) electrons. The lowest BCUT2D eigenvalue weighted by Crippen LogP contribution is -2.09. The first-order valence-corrected chi connectivity index (χ1v) is 20.0.